The topological polar surface area (TPSA) is 44.8 Å². The summed E-state index contributed by atoms with van der Waals surface area (Å²) in [6, 6.07) is 0. The van der Waals surface area contributed by atoms with Crippen LogP contribution in [0.15, 0.2) is 0 Å². The predicted molar refractivity (Wildman–Crippen MR) is 58.1 cm³/mol. The Morgan fingerprint density at radius 2 is 2.00 bits per heavy atom. The second-order valence-electron chi connectivity index (χ2n) is 4.45. The monoisotopic (exact) mass is 228 g/mol. The summed E-state index contributed by atoms with van der Waals surface area (Å²) in [5, 5.41) is 0. The van der Waals surface area contributed by atoms with Crippen molar-refractivity contribution in [3.05, 3.63) is 0 Å². The summed E-state index contributed by atoms with van der Waals surface area (Å²) in [5.74, 6) is -0.190. The van der Waals surface area contributed by atoms with E-state index >= 15 is 0 Å². The molecule has 2 saturated heterocycles. The molecule has 0 aromatic heterocycles. The molecule has 92 valence electrons. The van der Waals surface area contributed by atoms with Gasteiger partial charge in [-0.25, -0.2) is 4.79 Å². The molecule has 2 unspecified atom stereocenters. The lowest BCUT2D eigenvalue weighted by Crippen LogP contribution is -2.22. The van der Waals surface area contributed by atoms with E-state index in [9.17, 15) is 4.79 Å². The molecule has 0 aromatic carbocycles. The van der Waals surface area contributed by atoms with E-state index in [1.165, 1.54) is 6.42 Å². The van der Waals surface area contributed by atoms with Gasteiger partial charge in [-0.3, -0.25) is 0 Å². The average molecular weight is 228 g/mol. The van der Waals surface area contributed by atoms with Gasteiger partial charge in [-0.05, 0) is 38.5 Å². The van der Waals surface area contributed by atoms with Crippen LogP contribution in [0.3, 0.4) is 0 Å². The minimum Gasteiger partial charge on any atom is -0.464 e. The molecule has 2 fully saturated rings. The summed E-state index contributed by atoms with van der Waals surface area (Å²) >= 11 is 0. The third-order valence-electron chi connectivity index (χ3n) is 3.13. The van der Waals surface area contributed by atoms with Crippen LogP contribution in [0, 0.1) is 0 Å². The SMILES string of the molecule is O=C(OCCCC1CCCO1)C1CCCO1. The fourth-order valence-corrected chi connectivity index (χ4v) is 2.21. The van der Waals surface area contributed by atoms with Crippen molar-refractivity contribution in [3.63, 3.8) is 0 Å². The van der Waals surface area contributed by atoms with Crippen molar-refractivity contribution < 1.29 is 19.0 Å². The molecule has 0 radical (unpaired) electrons. The van der Waals surface area contributed by atoms with Gasteiger partial charge in [-0.1, -0.05) is 0 Å². The van der Waals surface area contributed by atoms with E-state index in [-0.39, 0.29) is 12.1 Å². The number of esters is 1. The van der Waals surface area contributed by atoms with Gasteiger partial charge in [-0.2, -0.15) is 0 Å². The fraction of sp³-hybridized carbons (Fsp3) is 0.917. The van der Waals surface area contributed by atoms with E-state index in [1.54, 1.807) is 0 Å². The third kappa shape index (κ3) is 3.46. The van der Waals surface area contributed by atoms with Gasteiger partial charge >= 0.3 is 5.97 Å². The molecule has 2 atom stereocenters. The zero-order valence-corrected chi connectivity index (χ0v) is 9.65. The second kappa shape index (κ2) is 6.21. The maximum atomic E-state index is 11.5. The molecule has 0 aromatic rings. The Morgan fingerprint density at radius 3 is 2.69 bits per heavy atom. The summed E-state index contributed by atoms with van der Waals surface area (Å²) in [6.07, 6.45) is 6.08. The lowest BCUT2D eigenvalue weighted by molar-refractivity contribution is -0.154. The van der Waals surface area contributed by atoms with Crippen LogP contribution in [-0.4, -0.2) is 38.0 Å². The minimum absolute atomic E-state index is 0.190. The van der Waals surface area contributed by atoms with Crippen LogP contribution in [0.4, 0.5) is 0 Å². The highest BCUT2D eigenvalue weighted by Gasteiger charge is 2.24. The van der Waals surface area contributed by atoms with E-state index in [1.807, 2.05) is 0 Å². The number of carbonyl (C=O) groups excluding carboxylic acids is 1. The van der Waals surface area contributed by atoms with Crippen LogP contribution >= 0.6 is 0 Å². The molecule has 2 aliphatic heterocycles. The van der Waals surface area contributed by atoms with Crippen molar-refractivity contribution >= 4 is 5.97 Å². The molecule has 0 aliphatic carbocycles. The highest BCUT2D eigenvalue weighted by atomic mass is 16.6. The molecule has 2 aliphatic rings. The van der Waals surface area contributed by atoms with E-state index in [2.05, 4.69) is 0 Å². The van der Waals surface area contributed by atoms with Crippen molar-refractivity contribution in [1.82, 2.24) is 0 Å². The molecule has 0 bridgehead atoms. The molecule has 16 heavy (non-hydrogen) atoms. The molecular formula is C12H20O4. The summed E-state index contributed by atoms with van der Waals surface area (Å²) in [4.78, 5) is 11.5. The van der Waals surface area contributed by atoms with Crippen LogP contribution in [0.25, 0.3) is 0 Å². The standard InChI is InChI=1S/C12H20O4/c13-12(11-6-3-8-15-11)16-9-2-5-10-4-1-7-14-10/h10-11H,1-9H2. The van der Waals surface area contributed by atoms with Gasteiger partial charge in [0.05, 0.1) is 12.7 Å². The van der Waals surface area contributed by atoms with Crippen molar-refractivity contribution in [2.24, 2.45) is 0 Å². The van der Waals surface area contributed by atoms with E-state index in [0.29, 0.717) is 19.3 Å². The van der Waals surface area contributed by atoms with Crippen LogP contribution in [0.1, 0.15) is 38.5 Å². The zero-order chi connectivity index (χ0) is 11.2. The first-order chi connectivity index (χ1) is 7.86. The Morgan fingerprint density at radius 1 is 1.19 bits per heavy atom. The quantitative estimate of drug-likeness (QED) is 0.530. The van der Waals surface area contributed by atoms with Gasteiger partial charge < -0.3 is 14.2 Å². The van der Waals surface area contributed by atoms with Gasteiger partial charge in [0, 0.05) is 13.2 Å². The predicted octanol–water partition coefficient (Wildman–Crippen LogP) is 1.67. The van der Waals surface area contributed by atoms with Gasteiger partial charge in [0.25, 0.3) is 0 Å². The lowest BCUT2D eigenvalue weighted by atomic mass is 10.1. The summed E-state index contributed by atoms with van der Waals surface area (Å²) in [5.41, 5.74) is 0. The highest BCUT2D eigenvalue weighted by molar-refractivity contribution is 5.74. The van der Waals surface area contributed by atoms with Gasteiger partial charge in [-0.15, -0.1) is 0 Å². The molecule has 0 N–H and O–H groups in total. The van der Waals surface area contributed by atoms with Crippen LogP contribution < -0.4 is 0 Å². The first kappa shape index (κ1) is 11.9. The number of hydrogen-bond acceptors (Lipinski definition) is 4. The minimum atomic E-state index is -0.303. The van der Waals surface area contributed by atoms with Crippen molar-refractivity contribution in [1.29, 1.82) is 0 Å². The van der Waals surface area contributed by atoms with Crippen LogP contribution in [0.2, 0.25) is 0 Å². The van der Waals surface area contributed by atoms with E-state index < -0.39 is 0 Å². The fourth-order valence-electron chi connectivity index (χ4n) is 2.21. The lowest BCUT2D eigenvalue weighted by Gasteiger charge is -2.11. The first-order valence-corrected chi connectivity index (χ1v) is 6.26. The number of hydrogen-bond donors (Lipinski definition) is 0. The normalized spacial score (nSPS) is 29.5. The molecule has 2 rings (SSSR count). The smallest absolute Gasteiger partial charge is 0.335 e. The average Bonchev–Trinajstić information content (AvgIpc) is 2.96. The zero-order valence-electron chi connectivity index (χ0n) is 9.65. The molecule has 0 spiro atoms. The Labute approximate surface area is 96.2 Å². The molecule has 4 heteroatoms. The number of carbonyl (C=O) groups is 1. The first-order valence-electron chi connectivity index (χ1n) is 6.26. The second-order valence-corrected chi connectivity index (χ2v) is 4.45. The molecular weight excluding hydrogens is 208 g/mol. The summed E-state index contributed by atoms with van der Waals surface area (Å²) in [7, 11) is 0. The van der Waals surface area contributed by atoms with Crippen molar-refractivity contribution in [3.8, 4) is 0 Å². The maximum Gasteiger partial charge on any atom is 0.335 e. The Balaban J connectivity index is 1.51. The Bertz CT molecular complexity index is 217. The van der Waals surface area contributed by atoms with Gasteiger partial charge in [0.1, 0.15) is 0 Å². The molecule has 4 nitrogen and oxygen atoms in total. The van der Waals surface area contributed by atoms with Gasteiger partial charge in [0.15, 0.2) is 6.10 Å². The molecule has 2 heterocycles. The number of ether oxygens (including phenoxy) is 3. The van der Waals surface area contributed by atoms with E-state index in [4.69, 9.17) is 14.2 Å². The van der Waals surface area contributed by atoms with Crippen LogP contribution in [-0.2, 0) is 19.0 Å². The van der Waals surface area contributed by atoms with Crippen molar-refractivity contribution in [2.45, 2.75) is 50.7 Å². The Kier molecular flexibility index (Phi) is 4.60. The molecule has 0 amide bonds. The van der Waals surface area contributed by atoms with Gasteiger partial charge in [0.2, 0.25) is 0 Å². The Hall–Kier alpha value is -0.610. The highest BCUT2D eigenvalue weighted by Crippen LogP contribution is 2.17. The van der Waals surface area contributed by atoms with E-state index in [0.717, 1.165) is 38.7 Å². The van der Waals surface area contributed by atoms with Crippen molar-refractivity contribution in [2.75, 3.05) is 19.8 Å². The third-order valence-corrected chi connectivity index (χ3v) is 3.13. The summed E-state index contributed by atoms with van der Waals surface area (Å²) in [6.45, 7) is 2.08. The maximum absolute atomic E-state index is 11.5. The number of rotatable bonds is 5. The largest absolute Gasteiger partial charge is 0.464 e. The van der Waals surface area contributed by atoms with Crippen LogP contribution in [0.5, 0.6) is 0 Å². The molecule has 0 saturated carbocycles. The summed E-state index contributed by atoms with van der Waals surface area (Å²) < 4.78 is 15.9.